The van der Waals surface area contributed by atoms with Crippen molar-refractivity contribution in [2.24, 2.45) is 5.10 Å². The normalized spacial score (nSPS) is 15.3. The van der Waals surface area contributed by atoms with E-state index in [1.165, 1.54) is 17.1 Å². The van der Waals surface area contributed by atoms with Gasteiger partial charge < -0.3 is 0 Å². The maximum absolute atomic E-state index is 14.0. The topological polar surface area (TPSA) is 74.3 Å². The number of hydrogen-bond acceptors (Lipinski definition) is 4. The van der Waals surface area contributed by atoms with Gasteiger partial charge in [-0.15, -0.1) is 0 Å². The molecule has 2 aromatic carbocycles. The van der Waals surface area contributed by atoms with Gasteiger partial charge in [0.1, 0.15) is 11.6 Å². The van der Waals surface area contributed by atoms with Crippen molar-refractivity contribution < 1.29 is 13.6 Å². The van der Waals surface area contributed by atoms with Gasteiger partial charge in [0.05, 0.1) is 33.9 Å². The molecule has 0 fully saturated rings. The average Bonchev–Trinajstić information content (AvgIpc) is 3.43. The van der Waals surface area contributed by atoms with Gasteiger partial charge >= 0.3 is 0 Å². The molecular formula is C23H18BrF2N5O. The lowest BCUT2D eigenvalue weighted by Crippen LogP contribution is -2.28. The summed E-state index contributed by atoms with van der Waals surface area (Å²) in [4.78, 5) is 12.9. The molecule has 1 unspecified atom stereocenters. The van der Waals surface area contributed by atoms with E-state index in [0.717, 1.165) is 10.9 Å². The molecule has 32 heavy (non-hydrogen) atoms. The van der Waals surface area contributed by atoms with Crippen LogP contribution in [0, 0.1) is 23.0 Å². The Kier molecular flexibility index (Phi) is 6.15. The lowest BCUT2D eigenvalue weighted by Gasteiger charge is -2.23. The monoisotopic (exact) mass is 497 g/mol. The average molecular weight is 498 g/mol. The predicted molar refractivity (Wildman–Crippen MR) is 120 cm³/mol. The lowest BCUT2D eigenvalue weighted by molar-refractivity contribution is -0.129. The first kappa shape index (κ1) is 21.8. The first-order chi connectivity index (χ1) is 15.4. The number of halogens is 3. The van der Waals surface area contributed by atoms with Gasteiger partial charge in [0.25, 0.3) is 5.91 Å². The fraction of sp³-hybridized carbons (Fsp3) is 0.217. The van der Waals surface area contributed by atoms with Crippen LogP contribution >= 0.6 is 15.9 Å². The van der Waals surface area contributed by atoms with Crippen molar-refractivity contribution in [3.05, 3.63) is 75.9 Å². The number of nitrogens with zero attached hydrogens (tertiary/aromatic N) is 5. The molecule has 9 heteroatoms. The molecule has 1 aromatic heterocycles. The van der Waals surface area contributed by atoms with E-state index < -0.39 is 17.7 Å². The maximum atomic E-state index is 14.0. The number of aryl methyl sites for hydroxylation is 1. The molecule has 0 spiro atoms. The van der Waals surface area contributed by atoms with Crippen LogP contribution in [-0.2, 0) is 11.3 Å². The van der Waals surface area contributed by atoms with E-state index in [0.29, 0.717) is 42.5 Å². The fourth-order valence-electron chi connectivity index (χ4n) is 3.70. The Morgan fingerprint density at radius 1 is 1.28 bits per heavy atom. The molecule has 1 aliphatic rings. The van der Waals surface area contributed by atoms with Crippen molar-refractivity contribution in [2.75, 3.05) is 0 Å². The molecule has 4 rings (SSSR count). The second-order valence-corrected chi connectivity index (χ2v) is 8.25. The number of aromatic nitrogens is 2. The van der Waals surface area contributed by atoms with Crippen molar-refractivity contribution in [3.63, 3.8) is 0 Å². The summed E-state index contributed by atoms with van der Waals surface area (Å²) in [5.74, 6) is -1.84. The number of carbonyl (C=O) groups is 1. The van der Waals surface area contributed by atoms with E-state index in [-0.39, 0.29) is 10.4 Å². The molecule has 0 aliphatic carbocycles. The minimum absolute atomic E-state index is 0.238. The van der Waals surface area contributed by atoms with Crippen molar-refractivity contribution in [2.45, 2.75) is 31.8 Å². The molecule has 162 valence electrons. The summed E-state index contributed by atoms with van der Waals surface area (Å²) < 4.78 is 29.5. The van der Waals surface area contributed by atoms with E-state index in [1.807, 2.05) is 10.7 Å². The third kappa shape index (κ3) is 4.18. The summed E-state index contributed by atoms with van der Waals surface area (Å²) in [5.41, 5.74) is 2.17. The lowest BCUT2D eigenvalue weighted by atomic mass is 10.0. The van der Waals surface area contributed by atoms with Crippen LogP contribution in [0.15, 0.2) is 58.3 Å². The Morgan fingerprint density at radius 2 is 2.03 bits per heavy atom. The molecule has 0 saturated carbocycles. The van der Waals surface area contributed by atoms with Crippen LogP contribution in [0.25, 0.3) is 10.9 Å². The number of amides is 1. The van der Waals surface area contributed by atoms with Crippen molar-refractivity contribution in [3.8, 4) is 6.07 Å². The quantitative estimate of drug-likeness (QED) is 0.345. The van der Waals surface area contributed by atoms with Gasteiger partial charge in [0.2, 0.25) is 0 Å². The SMILES string of the molecule is C=C(CCCn1ncc2cc(C#N)ccc21)C(=O)N1N=CCC1c1cc(F)c(Br)c(F)c1. The summed E-state index contributed by atoms with van der Waals surface area (Å²) in [6.07, 6.45) is 4.65. The Hall–Kier alpha value is -3.38. The third-order valence-electron chi connectivity index (χ3n) is 5.35. The van der Waals surface area contributed by atoms with Gasteiger partial charge in [0.15, 0.2) is 0 Å². The second-order valence-electron chi connectivity index (χ2n) is 7.46. The summed E-state index contributed by atoms with van der Waals surface area (Å²) in [6, 6.07) is 9.29. The Morgan fingerprint density at radius 3 is 2.75 bits per heavy atom. The maximum Gasteiger partial charge on any atom is 0.269 e. The van der Waals surface area contributed by atoms with E-state index in [2.05, 4.69) is 38.8 Å². The van der Waals surface area contributed by atoms with E-state index in [9.17, 15) is 13.6 Å². The molecule has 0 radical (unpaired) electrons. The second kappa shape index (κ2) is 9.01. The van der Waals surface area contributed by atoms with E-state index in [1.54, 1.807) is 24.5 Å². The number of rotatable bonds is 6. The summed E-state index contributed by atoms with van der Waals surface area (Å²) in [7, 11) is 0. The molecular weight excluding hydrogens is 480 g/mol. The van der Waals surface area contributed by atoms with E-state index >= 15 is 0 Å². The van der Waals surface area contributed by atoms with Crippen LogP contribution < -0.4 is 0 Å². The molecule has 3 aromatic rings. The highest BCUT2D eigenvalue weighted by atomic mass is 79.9. The summed E-state index contributed by atoms with van der Waals surface area (Å²) >= 11 is 2.86. The largest absolute Gasteiger partial charge is 0.269 e. The van der Waals surface area contributed by atoms with Gasteiger partial charge in [-0.05, 0) is 64.7 Å². The van der Waals surface area contributed by atoms with E-state index in [4.69, 9.17) is 5.26 Å². The smallest absolute Gasteiger partial charge is 0.268 e. The van der Waals surface area contributed by atoms with Crippen LogP contribution in [0.4, 0.5) is 8.78 Å². The van der Waals surface area contributed by atoms with Crippen molar-refractivity contribution in [1.29, 1.82) is 5.26 Å². The number of benzene rings is 2. The molecule has 1 atom stereocenters. The molecule has 2 heterocycles. The minimum Gasteiger partial charge on any atom is -0.268 e. The van der Waals surface area contributed by atoms with Crippen molar-refractivity contribution in [1.82, 2.24) is 14.8 Å². The zero-order chi connectivity index (χ0) is 22.8. The number of carbonyl (C=O) groups excluding carboxylic acids is 1. The van der Waals surface area contributed by atoms with Gasteiger partial charge in [-0.25, -0.2) is 13.8 Å². The van der Waals surface area contributed by atoms with Gasteiger partial charge in [0, 0.05) is 30.1 Å². The van der Waals surface area contributed by atoms with Gasteiger partial charge in [-0.3, -0.25) is 9.48 Å². The zero-order valence-corrected chi connectivity index (χ0v) is 18.5. The number of hydrogen-bond donors (Lipinski definition) is 0. The summed E-state index contributed by atoms with van der Waals surface area (Å²) in [6.45, 7) is 4.46. The van der Waals surface area contributed by atoms with Crippen LogP contribution in [0.5, 0.6) is 0 Å². The van der Waals surface area contributed by atoms with Gasteiger partial charge in [-0.2, -0.15) is 15.5 Å². The van der Waals surface area contributed by atoms with Crippen LogP contribution in [-0.4, -0.2) is 26.9 Å². The molecule has 6 nitrogen and oxygen atoms in total. The Labute approximate surface area is 191 Å². The highest BCUT2D eigenvalue weighted by Gasteiger charge is 2.30. The first-order valence-corrected chi connectivity index (χ1v) is 10.7. The number of fused-ring (bicyclic) bond motifs is 1. The van der Waals surface area contributed by atoms with Crippen LogP contribution in [0.1, 0.15) is 36.4 Å². The van der Waals surface area contributed by atoms with Crippen LogP contribution in [0.3, 0.4) is 0 Å². The van der Waals surface area contributed by atoms with Crippen molar-refractivity contribution >= 4 is 39.0 Å². The van der Waals surface area contributed by atoms with Gasteiger partial charge in [-0.1, -0.05) is 6.58 Å². The summed E-state index contributed by atoms with van der Waals surface area (Å²) in [5, 5.41) is 19.6. The number of hydrazone groups is 1. The molecule has 1 amide bonds. The number of nitriles is 1. The highest BCUT2D eigenvalue weighted by molar-refractivity contribution is 9.10. The molecule has 0 N–H and O–H groups in total. The Bertz CT molecular complexity index is 1270. The molecule has 0 saturated heterocycles. The standard InChI is InChI=1S/C23H18BrF2N5O/c1-14(3-2-8-30-20-5-4-15(12-27)9-17(20)13-29-30)23(32)31-21(6-7-28-31)16-10-18(25)22(24)19(26)11-16/h4-5,7,9-11,13,21H,1-3,6,8H2. The first-order valence-electron chi connectivity index (χ1n) is 9.93. The highest BCUT2D eigenvalue weighted by Crippen LogP contribution is 2.33. The molecule has 1 aliphatic heterocycles. The third-order valence-corrected chi connectivity index (χ3v) is 6.11. The zero-order valence-electron chi connectivity index (χ0n) is 16.9. The minimum atomic E-state index is -0.730. The fourth-order valence-corrected chi connectivity index (χ4v) is 3.93. The Balaban J connectivity index is 1.40. The van der Waals surface area contributed by atoms with Crippen LogP contribution in [0.2, 0.25) is 0 Å². The molecule has 0 bridgehead atoms. The predicted octanol–water partition coefficient (Wildman–Crippen LogP) is 5.24.